The first-order valence-corrected chi connectivity index (χ1v) is 7.36. The number of benzene rings is 2. The Bertz CT molecular complexity index is 682. The Kier molecular flexibility index (Phi) is 6.25. The van der Waals surface area contributed by atoms with E-state index in [9.17, 15) is 4.79 Å². The summed E-state index contributed by atoms with van der Waals surface area (Å²) in [4.78, 5) is 11.9. The number of methoxy groups -OCH3 is 3. The predicted octanol–water partition coefficient (Wildman–Crippen LogP) is 3.47. The number of esters is 1. The molecule has 5 heteroatoms. The van der Waals surface area contributed by atoms with Gasteiger partial charge in [-0.2, -0.15) is 0 Å². The Morgan fingerprint density at radius 2 is 1.58 bits per heavy atom. The van der Waals surface area contributed by atoms with Crippen molar-refractivity contribution in [2.45, 2.75) is 6.61 Å². The van der Waals surface area contributed by atoms with Gasteiger partial charge in [0.25, 0.3) is 0 Å². The fraction of sp³-hybridized carbons (Fsp3) is 0.211. The summed E-state index contributed by atoms with van der Waals surface area (Å²) in [7, 11) is 4.64. The number of hydrogen-bond donors (Lipinski definition) is 0. The Hall–Kier alpha value is -2.95. The molecule has 0 saturated carbocycles. The minimum atomic E-state index is -0.446. The van der Waals surface area contributed by atoms with Gasteiger partial charge in [0.05, 0.1) is 26.9 Å². The first-order valence-electron chi connectivity index (χ1n) is 7.36. The van der Waals surface area contributed by atoms with Gasteiger partial charge in [0.2, 0.25) is 0 Å². The molecule has 0 aromatic heterocycles. The molecule has 0 aliphatic rings. The molecule has 126 valence electrons. The lowest BCUT2D eigenvalue weighted by Crippen LogP contribution is -2.01. The number of carbonyl (C=O) groups is 1. The van der Waals surface area contributed by atoms with E-state index in [1.807, 2.05) is 30.3 Å². The lowest BCUT2D eigenvalue weighted by atomic mass is 10.1. The molecule has 0 radical (unpaired) electrons. The first-order chi connectivity index (χ1) is 11.7. The van der Waals surface area contributed by atoms with Crippen LogP contribution in [0.5, 0.6) is 17.2 Å². The van der Waals surface area contributed by atoms with Gasteiger partial charge in [-0.1, -0.05) is 30.3 Å². The van der Waals surface area contributed by atoms with Gasteiger partial charge in [-0.05, 0) is 11.6 Å². The zero-order chi connectivity index (χ0) is 17.4. The summed E-state index contributed by atoms with van der Waals surface area (Å²) in [5.74, 6) is 1.24. The highest BCUT2D eigenvalue weighted by atomic mass is 16.5. The van der Waals surface area contributed by atoms with Gasteiger partial charge in [-0.25, -0.2) is 4.79 Å². The monoisotopic (exact) mass is 328 g/mol. The van der Waals surface area contributed by atoms with Crippen LogP contribution in [0.25, 0.3) is 6.08 Å². The van der Waals surface area contributed by atoms with Crippen molar-refractivity contribution >= 4 is 12.0 Å². The van der Waals surface area contributed by atoms with Crippen molar-refractivity contribution in [3.63, 3.8) is 0 Å². The molecule has 0 saturated heterocycles. The third kappa shape index (κ3) is 4.52. The molecule has 0 aliphatic heterocycles. The van der Waals surface area contributed by atoms with E-state index in [4.69, 9.17) is 18.9 Å². The molecule has 2 aromatic carbocycles. The van der Waals surface area contributed by atoms with E-state index in [0.717, 1.165) is 5.56 Å². The molecule has 0 bridgehead atoms. The molecule has 0 heterocycles. The van der Waals surface area contributed by atoms with Crippen molar-refractivity contribution in [1.29, 1.82) is 0 Å². The fourth-order valence-electron chi connectivity index (χ4n) is 2.13. The normalized spacial score (nSPS) is 10.5. The van der Waals surface area contributed by atoms with Gasteiger partial charge in [-0.3, -0.25) is 0 Å². The van der Waals surface area contributed by atoms with E-state index < -0.39 is 5.97 Å². The third-order valence-electron chi connectivity index (χ3n) is 3.36. The average molecular weight is 328 g/mol. The minimum absolute atomic E-state index is 0.223. The summed E-state index contributed by atoms with van der Waals surface area (Å²) in [5.41, 5.74) is 1.57. The predicted molar refractivity (Wildman–Crippen MR) is 91.4 cm³/mol. The van der Waals surface area contributed by atoms with Gasteiger partial charge in [0, 0.05) is 18.2 Å². The van der Waals surface area contributed by atoms with Crippen LogP contribution < -0.4 is 14.2 Å². The van der Waals surface area contributed by atoms with Crippen molar-refractivity contribution in [3.8, 4) is 17.2 Å². The van der Waals surface area contributed by atoms with Crippen LogP contribution in [0.1, 0.15) is 11.1 Å². The lowest BCUT2D eigenvalue weighted by molar-refractivity contribution is -0.138. The number of rotatable bonds is 7. The smallest absolute Gasteiger partial charge is 0.331 e. The Morgan fingerprint density at radius 3 is 2.12 bits per heavy atom. The molecule has 0 fully saturated rings. The SMILES string of the molecule is COc1cc(OC)c(/C=C/C(=O)OCc2ccccc2)c(OC)c1. The van der Waals surface area contributed by atoms with Crippen molar-refractivity contribution in [3.05, 3.63) is 59.7 Å². The van der Waals surface area contributed by atoms with E-state index in [1.165, 1.54) is 6.08 Å². The number of hydrogen-bond acceptors (Lipinski definition) is 5. The van der Waals surface area contributed by atoms with Crippen LogP contribution in [0.15, 0.2) is 48.5 Å². The van der Waals surface area contributed by atoms with E-state index >= 15 is 0 Å². The summed E-state index contributed by atoms with van der Waals surface area (Å²) in [6, 6.07) is 12.9. The van der Waals surface area contributed by atoms with Gasteiger partial charge < -0.3 is 18.9 Å². The highest BCUT2D eigenvalue weighted by Gasteiger charge is 2.11. The molecule has 2 aromatic rings. The first kappa shape index (κ1) is 17.4. The summed E-state index contributed by atoms with van der Waals surface area (Å²) in [6.45, 7) is 0.223. The van der Waals surface area contributed by atoms with Crippen LogP contribution in [0, 0.1) is 0 Å². The van der Waals surface area contributed by atoms with Crippen LogP contribution in [0.3, 0.4) is 0 Å². The lowest BCUT2D eigenvalue weighted by Gasteiger charge is -2.12. The number of ether oxygens (including phenoxy) is 4. The van der Waals surface area contributed by atoms with Crippen LogP contribution in [0.4, 0.5) is 0 Å². The molecule has 0 atom stereocenters. The Morgan fingerprint density at radius 1 is 0.958 bits per heavy atom. The second kappa shape index (κ2) is 8.62. The van der Waals surface area contributed by atoms with Gasteiger partial charge in [-0.15, -0.1) is 0 Å². The van der Waals surface area contributed by atoms with Gasteiger partial charge in [0.1, 0.15) is 23.9 Å². The van der Waals surface area contributed by atoms with E-state index in [-0.39, 0.29) is 6.61 Å². The van der Waals surface area contributed by atoms with Gasteiger partial charge >= 0.3 is 5.97 Å². The van der Waals surface area contributed by atoms with Crippen LogP contribution >= 0.6 is 0 Å². The Balaban J connectivity index is 2.11. The molecule has 0 aliphatic carbocycles. The van der Waals surface area contributed by atoms with E-state index in [1.54, 1.807) is 39.5 Å². The maximum atomic E-state index is 11.9. The quantitative estimate of drug-likeness (QED) is 0.575. The van der Waals surface area contributed by atoms with Crippen molar-refractivity contribution in [1.82, 2.24) is 0 Å². The number of carbonyl (C=O) groups excluding carboxylic acids is 1. The average Bonchev–Trinajstić information content (AvgIpc) is 2.64. The van der Waals surface area contributed by atoms with Gasteiger partial charge in [0.15, 0.2) is 0 Å². The minimum Gasteiger partial charge on any atom is -0.496 e. The summed E-state index contributed by atoms with van der Waals surface area (Å²) in [6.07, 6.45) is 2.94. The van der Waals surface area contributed by atoms with Crippen LogP contribution in [-0.2, 0) is 16.1 Å². The second-order valence-corrected chi connectivity index (χ2v) is 4.87. The highest BCUT2D eigenvalue weighted by Crippen LogP contribution is 2.34. The molecule has 0 unspecified atom stereocenters. The summed E-state index contributed by atoms with van der Waals surface area (Å²) in [5, 5.41) is 0. The molecular weight excluding hydrogens is 308 g/mol. The maximum Gasteiger partial charge on any atom is 0.331 e. The topological polar surface area (TPSA) is 54.0 Å². The molecular formula is C19H20O5. The van der Waals surface area contributed by atoms with Crippen LogP contribution in [-0.4, -0.2) is 27.3 Å². The molecule has 24 heavy (non-hydrogen) atoms. The molecule has 5 nitrogen and oxygen atoms in total. The molecule has 0 spiro atoms. The van der Waals surface area contributed by atoms with Crippen molar-refractivity contribution in [2.24, 2.45) is 0 Å². The second-order valence-electron chi connectivity index (χ2n) is 4.87. The fourth-order valence-corrected chi connectivity index (χ4v) is 2.13. The largest absolute Gasteiger partial charge is 0.496 e. The van der Waals surface area contributed by atoms with Crippen LogP contribution in [0.2, 0.25) is 0 Å². The molecule has 0 amide bonds. The van der Waals surface area contributed by atoms with E-state index in [0.29, 0.717) is 22.8 Å². The van der Waals surface area contributed by atoms with E-state index in [2.05, 4.69) is 0 Å². The van der Waals surface area contributed by atoms with Crippen molar-refractivity contribution in [2.75, 3.05) is 21.3 Å². The Labute approximate surface area is 141 Å². The summed E-state index contributed by atoms with van der Waals surface area (Å²) < 4.78 is 21.1. The standard InChI is InChI=1S/C19H20O5/c1-21-15-11-17(22-2)16(18(12-15)23-3)9-10-19(20)24-13-14-7-5-4-6-8-14/h4-12H,13H2,1-3H3/b10-9+. The molecule has 2 rings (SSSR count). The maximum absolute atomic E-state index is 11.9. The zero-order valence-corrected chi connectivity index (χ0v) is 13.9. The van der Waals surface area contributed by atoms with Crippen molar-refractivity contribution < 1.29 is 23.7 Å². The highest BCUT2D eigenvalue weighted by molar-refractivity contribution is 5.88. The summed E-state index contributed by atoms with van der Waals surface area (Å²) >= 11 is 0. The zero-order valence-electron chi connectivity index (χ0n) is 13.9. The third-order valence-corrected chi connectivity index (χ3v) is 3.36. The molecule has 0 N–H and O–H groups in total.